The number of halogens is 1. The van der Waals surface area contributed by atoms with E-state index in [2.05, 4.69) is 38.3 Å². The number of aromatic nitrogens is 3. The number of benzene rings is 1. The van der Waals surface area contributed by atoms with Crippen molar-refractivity contribution in [2.24, 2.45) is 13.0 Å². The normalized spacial score (nSPS) is 27.1. The van der Waals surface area contributed by atoms with E-state index in [1.54, 1.807) is 6.33 Å². The van der Waals surface area contributed by atoms with E-state index >= 15 is 0 Å². The van der Waals surface area contributed by atoms with Gasteiger partial charge in [-0.25, -0.2) is 0 Å². The van der Waals surface area contributed by atoms with Crippen molar-refractivity contribution in [1.29, 1.82) is 0 Å². The minimum Gasteiger partial charge on any atom is -0.390 e. The van der Waals surface area contributed by atoms with Crippen LogP contribution >= 0.6 is 15.9 Å². The highest BCUT2D eigenvalue weighted by Gasteiger charge is 2.44. The van der Waals surface area contributed by atoms with E-state index in [0.29, 0.717) is 5.92 Å². The van der Waals surface area contributed by atoms with Crippen LogP contribution in [0.3, 0.4) is 0 Å². The first kappa shape index (κ1) is 13.8. The molecule has 1 saturated carbocycles. The monoisotopic (exact) mass is 335 g/mol. The average Bonchev–Trinajstić information content (AvgIpc) is 2.74. The minimum atomic E-state index is -0.534. The number of rotatable bonds is 3. The van der Waals surface area contributed by atoms with Crippen molar-refractivity contribution in [3.8, 4) is 0 Å². The molecule has 3 rings (SSSR count). The Balaban J connectivity index is 1.99. The molecule has 1 aliphatic rings. The second kappa shape index (κ2) is 4.97. The summed E-state index contributed by atoms with van der Waals surface area (Å²) in [5, 5.41) is 18.3. The molecule has 1 aromatic heterocycles. The smallest absolute Gasteiger partial charge is 0.140 e. The molecule has 0 spiro atoms. The number of aryl methyl sites for hydroxylation is 1. The summed E-state index contributed by atoms with van der Waals surface area (Å²) in [7, 11) is 1.97. The first-order valence-corrected chi connectivity index (χ1v) is 7.57. The van der Waals surface area contributed by atoms with E-state index in [9.17, 15) is 5.11 Å². The maximum absolute atomic E-state index is 10.0. The zero-order valence-corrected chi connectivity index (χ0v) is 13.2. The van der Waals surface area contributed by atoms with Gasteiger partial charge in [-0.1, -0.05) is 28.1 Å². The first-order chi connectivity index (χ1) is 9.46. The zero-order valence-electron chi connectivity index (χ0n) is 11.6. The van der Waals surface area contributed by atoms with Gasteiger partial charge in [0.15, 0.2) is 0 Å². The fourth-order valence-corrected chi connectivity index (χ4v) is 3.63. The van der Waals surface area contributed by atoms with E-state index in [4.69, 9.17) is 0 Å². The fourth-order valence-electron chi connectivity index (χ4n) is 3.21. The Morgan fingerprint density at radius 1 is 1.45 bits per heavy atom. The van der Waals surface area contributed by atoms with Gasteiger partial charge in [0.05, 0.1) is 5.60 Å². The topological polar surface area (TPSA) is 50.9 Å². The third kappa shape index (κ3) is 2.52. The van der Waals surface area contributed by atoms with Crippen LogP contribution in [0.15, 0.2) is 35.1 Å². The van der Waals surface area contributed by atoms with Crippen LogP contribution in [0.2, 0.25) is 0 Å². The van der Waals surface area contributed by atoms with Crippen molar-refractivity contribution in [2.75, 3.05) is 0 Å². The van der Waals surface area contributed by atoms with Crippen molar-refractivity contribution in [2.45, 2.75) is 31.3 Å². The van der Waals surface area contributed by atoms with Crippen LogP contribution in [0.1, 0.15) is 37.1 Å². The van der Waals surface area contributed by atoms with E-state index in [1.807, 2.05) is 30.7 Å². The standard InChI is InChI=1S/C15H18BrN3O/c1-15(20)7-11(8-15)13(14-18-17-9-19(14)2)10-4-3-5-12(16)6-10/h3-6,9,11,13,20H,7-8H2,1-2H3. The summed E-state index contributed by atoms with van der Waals surface area (Å²) in [6.45, 7) is 1.90. The van der Waals surface area contributed by atoms with E-state index in [-0.39, 0.29) is 5.92 Å². The molecule has 1 N–H and O–H groups in total. The van der Waals surface area contributed by atoms with Gasteiger partial charge in [-0.15, -0.1) is 10.2 Å². The Bertz CT molecular complexity index is 615. The van der Waals surface area contributed by atoms with Crippen LogP contribution in [0.4, 0.5) is 0 Å². The molecule has 0 bridgehead atoms. The zero-order chi connectivity index (χ0) is 14.3. The first-order valence-electron chi connectivity index (χ1n) is 6.78. The predicted octanol–water partition coefficient (Wildman–Crippen LogP) is 2.87. The van der Waals surface area contributed by atoms with Gasteiger partial charge in [0.2, 0.25) is 0 Å². The van der Waals surface area contributed by atoms with Crippen LogP contribution < -0.4 is 0 Å². The summed E-state index contributed by atoms with van der Waals surface area (Å²) >= 11 is 3.53. The maximum atomic E-state index is 10.0. The highest BCUT2D eigenvalue weighted by atomic mass is 79.9. The van der Waals surface area contributed by atoms with Crippen LogP contribution in [-0.2, 0) is 7.05 Å². The Morgan fingerprint density at radius 2 is 2.20 bits per heavy atom. The lowest BCUT2D eigenvalue weighted by molar-refractivity contribution is -0.0626. The van der Waals surface area contributed by atoms with E-state index in [1.165, 1.54) is 5.56 Å². The molecule has 0 amide bonds. The average molecular weight is 336 g/mol. The number of hydrogen-bond acceptors (Lipinski definition) is 3. The van der Waals surface area contributed by atoms with Gasteiger partial charge >= 0.3 is 0 Å². The summed E-state index contributed by atoms with van der Waals surface area (Å²) in [6.07, 6.45) is 3.34. The summed E-state index contributed by atoms with van der Waals surface area (Å²) in [5.74, 6) is 1.55. The van der Waals surface area contributed by atoms with Gasteiger partial charge in [0, 0.05) is 17.4 Å². The molecular weight excluding hydrogens is 318 g/mol. The molecule has 1 unspecified atom stereocenters. The van der Waals surface area contributed by atoms with Gasteiger partial charge in [-0.2, -0.15) is 0 Å². The van der Waals surface area contributed by atoms with Crippen LogP contribution in [0.5, 0.6) is 0 Å². The van der Waals surface area contributed by atoms with Crippen LogP contribution in [-0.4, -0.2) is 25.5 Å². The lowest BCUT2D eigenvalue weighted by atomic mass is 9.64. The molecule has 1 aromatic carbocycles. The molecule has 106 valence electrons. The number of nitrogens with zero attached hydrogens (tertiary/aromatic N) is 3. The van der Waals surface area contributed by atoms with Crippen molar-refractivity contribution in [3.05, 3.63) is 46.5 Å². The molecule has 1 heterocycles. The van der Waals surface area contributed by atoms with Gasteiger partial charge in [-0.05, 0) is 43.4 Å². The molecular formula is C15H18BrN3O. The highest BCUT2D eigenvalue weighted by Crippen LogP contribution is 2.48. The molecule has 0 aliphatic heterocycles. The summed E-state index contributed by atoms with van der Waals surface area (Å²) in [4.78, 5) is 0. The molecule has 1 aliphatic carbocycles. The Hall–Kier alpha value is -1.20. The van der Waals surface area contributed by atoms with Gasteiger partial charge in [0.1, 0.15) is 12.2 Å². The molecule has 0 radical (unpaired) electrons. The number of hydrogen-bond donors (Lipinski definition) is 1. The SMILES string of the molecule is Cn1cnnc1C(c1cccc(Br)c1)C1CC(C)(O)C1. The van der Waals surface area contributed by atoms with Crippen molar-refractivity contribution in [1.82, 2.24) is 14.8 Å². The molecule has 20 heavy (non-hydrogen) atoms. The summed E-state index contributed by atoms with van der Waals surface area (Å²) in [5.41, 5.74) is 0.684. The van der Waals surface area contributed by atoms with Gasteiger partial charge < -0.3 is 9.67 Å². The third-order valence-corrected chi connectivity index (χ3v) is 4.60. The molecule has 4 nitrogen and oxygen atoms in total. The summed E-state index contributed by atoms with van der Waals surface area (Å²) < 4.78 is 3.03. The van der Waals surface area contributed by atoms with Gasteiger partial charge in [0.25, 0.3) is 0 Å². The fraction of sp³-hybridized carbons (Fsp3) is 0.467. The molecule has 1 atom stereocenters. The van der Waals surface area contributed by atoms with Crippen molar-refractivity contribution >= 4 is 15.9 Å². The quantitative estimate of drug-likeness (QED) is 0.938. The maximum Gasteiger partial charge on any atom is 0.140 e. The predicted molar refractivity (Wildman–Crippen MR) is 80.3 cm³/mol. The summed E-state index contributed by atoms with van der Waals surface area (Å²) in [6, 6.07) is 8.32. The number of aliphatic hydroxyl groups is 1. The lowest BCUT2D eigenvalue weighted by Gasteiger charge is -2.44. The van der Waals surface area contributed by atoms with Crippen LogP contribution in [0.25, 0.3) is 0 Å². The van der Waals surface area contributed by atoms with Crippen molar-refractivity contribution in [3.63, 3.8) is 0 Å². The van der Waals surface area contributed by atoms with Gasteiger partial charge in [-0.3, -0.25) is 0 Å². The van der Waals surface area contributed by atoms with Crippen molar-refractivity contribution < 1.29 is 5.11 Å². The third-order valence-electron chi connectivity index (χ3n) is 4.11. The molecule has 2 aromatic rings. The van der Waals surface area contributed by atoms with E-state index < -0.39 is 5.60 Å². The highest BCUT2D eigenvalue weighted by molar-refractivity contribution is 9.10. The Morgan fingerprint density at radius 3 is 2.75 bits per heavy atom. The second-order valence-corrected chi connectivity index (χ2v) is 6.91. The largest absolute Gasteiger partial charge is 0.390 e. The Labute approximate surface area is 127 Å². The molecule has 1 fully saturated rings. The molecule has 5 heteroatoms. The van der Waals surface area contributed by atoms with Crippen LogP contribution in [0, 0.1) is 5.92 Å². The minimum absolute atomic E-state index is 0.181. The lowest BCUT2D eigenvalue weighted by Crippen LogP contribution is -2.44. The Kier molecular flexibility index (Phi) is 3.42. The van der Waals surface area contributed by atoms with E-state index in [0.717, 1.165) is 23.1 Å². The molecule has 0 saturated heterocycles. The second-order valence-electron chi connectivity index (χ2n) is 6.00.